The number of amides is 1. The highest BCUT2D eigenvalue weighted by Crippen LogP contribution is 2.25. The number of hydrogen-bond donors (Lipinski definition) is 1. The molecule has 1 amide bonds. The van der Waals surface area contributed by atoms with Crippen LogP contribution < -0.4 is 5.32 Å². The second-order valence-corrected chi connectivity index (χ2v) is 8.37. The van der Waals surface area contributed by atoms with Gasteiger partial charge in [-0.3, -0.25) is 10.1 Å². The van der Waals surface area contributed by atoms with Gasteiger partial charge in [-0.25, -0.2) is 0 Å². The van der Waals surface area contributed by atoms with E-state index in [9.17, 15) is 4.79 Å². The van der Waals surface area contributed by atoms with E-state index in [2.05, 4.69) is 31.0 Å². The summed E-state index contributed by atoms with van der Waals surface area (Å²) >= 11 is 2.87. The van der Waals surface area contributed by atoms with E-state index in [-0.39, 0.29) is 17.5 Å². The number of carbonyl (C=O) groups is 1. The average Bonchev–Trinajstić information content (AvgIpc) is 3.48. The predicted molar refractivity (Wildman–Crippen MR) is 114 cm³/mol. The van der Waals surface area contributed by atoms with Gasteiger partial charge in [0, 0.05) is 16.4 Å². The Balaban J connectivity index is 1.72. The molecule has 0 aliphatic carbocycles. The standard InChI is InChI=1S/C19H17N7OS2/c1-12(2)18-22-23-19(29-18)20-17(27)15(11-14-9-6-10-28-14)26-16(21-24-25-26)13-7-4-3-5-8-13/h3-12H,1-2H3,(H,20,23,27)/b15-11-. The first-order valence-corrected chi connectivity index (χ1v) is 10.6. The summed E-state index contributed by atoms with van der Waals surface area (Å²) in [7, 11) is 0. The summed E-state index contributed by atoms with van der Waals surface area (Å²) < 4.78 is 1.44. The minimum absolute atomic E-state index is 0.239. The van der Waals surface area contributed by atoms with E-state index < -0.39 is 0 Å². The van der Waals surface area contributed by atoms with Crippen molar-refractivity contribution in [3.8, 4) is 11.4 Å². The van der Waals surface area contributed by atoms with Crippen LogP contribution in [0.5, 0.6) is 0 Å². The number of aromatic nitrogens is 6. The monoisotopic (exact) mass is 423 g/mol. The molecule has 0 aliphatic rings. The van der Waals surface area contributed by atoms with E-state index >= 15 is 0 Å². The number of nitrogens with one attached hydrogen (secondary N) is 1. The van der Waals surface area contributed by atoms with Crippen molar-refractivity contribution in [3.05, 3.63) is 57.7 Å². The van der Waals surface area contributed by atoms with Gasteiger partial charge in [0.2, 0.25) is 5.13 Å². The van der Waals surface area contributed by atoms with Gasteiger partial charge in [-0.2, -0.15) is 4.68 Å². The summed E-state index contributed by atoms with van der Waals surface area (Å²) in [4.78, 5) is 14.1. The van der Waals surface area contributed by atoms with Crippen LogP contribution in [0.2, 0.25) is 0 Å². The van der Waals surface area contributed by atoms with Crippen molar-refractivity contribution in [1.82, 2.24) is 30.4 Å². The molecule has 146 valence electrons. The van der Waals surface area contributed by atoms with Gasteiger partial charge in [-0.05, 0) is 27.9 Å². The molecule has 1 N–H and O–H groups in total. The van der Waals surface area contributed by atoms with Crippen LogP contribution in [0.1, 0.15) is 29.7 Å². The van der Waals surface area contributed by atoms with Crippen molar-refractivity contribution in [1.29, 1.82) is 0 Å². The Hall–Kier alpha value is -3.24. The molecule has 29 heavy (non-hydrogen) atoms. The molecule has 3 heterocycles. The number of anilines is 1. The molecule has 0 fully saturated rings. The predicted octanol–water partition coefficient (Wildman–Crippen LogP) is 4.01. The van der Waals surface area contributed by atoms with Crippen LogP contribution in [0.3, 0.4) is 0 Å². The summed E-state index contributed by atoms with van der Waals surface area (Å²) in [6, 6.07) is 13.3. The van der Waals surface area contributed by atoms with Crippen LogP contribution in [0, 0.1) is 0 Å². The van der Waals surface area contributed by atoms with Crippen LogP contribution in [-0.2, 0) is 4.79 Å². The number of rotatable bonds is 6. The molecular weight excluding hydrogens is 406 g/mol. The van der Waals surface area contributed by atoms with Crippen molar-refractivity contribution in [2.24, 2.45) is 0 Å². The average molecular weight is 424 g/mol. The van der Waals surface area contributed by atoms with E-state index in [4.69, 9.17) is 0 Å². The van der Waals surface area contributed by atoms with Crippen molar-refractivity contribution in [3.63, 3.8) is 0 Å². The van der Waals surface area contributed by atoms with Gasteiger partial charge in [0.25, 0.3) is 5.91 Å². The summed E-state index contributed by atoms with van der Waals surface area (Å²) in [5.41, 5.74) is 1.10. The fourth-order valence-corrected chi connectivity index (χ4v) is 3.92. The number of hydrogen-bond acceptors (Lipinski definition) is 8. The molecule has 3 aromatic heterocycles. The highest BCUT2D eigenvalue weighted by atomic mass is 32.1. The van der Waals surface area contributed by atoms with Gasteiger partial charge < -0.3 is 0 Å². The van der Waals surface area contributed by atoms with Gasteiger partial charge in [-0.1, -0.05) is 61.6 Å². The third kappa shape index (κ3) is 4.28. The largest absolute Gasteiger partial charge is 0.295 e. The molecule has 0 aliphatic heterocycles. The summed E-state index contributed by atoms with van der Waals surface area (Å²) in [5, 5.41) is 26.2. The maximum absolute atomic E-state index is 13.1. The maximum Gasteiger partial charge on any atom is 0.276 e. The molecule has 0 unspecified atom stereocenters. The Morgan fingerprint density at radius 2 is 1.93 bits per heavy atom. The second kappa shape index (κ2) is 8.41. The van der Waals surface area contributed by atoms with E-state index in [0.29, 0.717) is 11.0 Å². The van der Waals surface area contributed by atoms with Gasteiger partial charge in [-0.15, -0.1) is 26.6 Å². The molecule has 10 heteroatoms. The zero-order valence-electron chi connectivity index (χ0n) is 15.7. The number of benzene rings is 1. The lowest BCUT2D eigenvalue weighted by Gasteiger charge is -2.09. The molecule has 0 saturated carbocycles. The van der Waals surface area contributed by atoms with Crippen molar-refractivity contribution >= 4 is 45.5 Å². The molecule has 8 nitrogen and oxygen atoms in total. The maximum atomic E-state index is 13.1. The second-order valence-electron chi connectivity index (χ2n) is 6.38. The summed E-state index contributed by atoms with van der Waals surface area (Å²) in [5.74, 6) is 0.349. The van der Waals surface area contributed by atoms with Crippen LogP contribution in [0.4, 0.5) is 5.13 Å². The Kier molecular flexibility index (Phi) is 5.54. The highest BCUT2D eigenvalue weighted by molar-refractivity contribution is 7.15. The Labute approximate surface area is 174 Å². The van der Waals surface area contributed by atoms with Crippen LogP contribution in [-0.4, -0.2) is 36.3 Å². The van der Waals surface area contributed by atoms with E-state index in [1.54, 1.807) is 6.08 Å². The highest BCUT2D eigenvalue weighted by Gasteiger charge is 2.21. The molecule has 0 atom stereocenters. The Morgan fingerprint density at radius 1 is 1.10 bits per heavy atom. The third-order valence-electron chi connectivity index (χ3n) is 3.94. The first-order chi connectivity index (χ1) is 14.1. The van der Waals surface area contributed by atoms with E-state index in [1.165, 1.54) is 27.4 Å². The summed E-state index contributed by atoms with van der Waals surface area (Å²) in [6.45, 7) is 4.06. The normalized spacial score (nSPS) is 11.8. The lowest BCUT2D eigenvalue weighted by Crippen LogP contribution is -2.19. The molecule has 0 saturated heterocycles. The Morgan fingerprint density at radius 3 is 2.62 bits per heavy atom. The SMILES string of the molecule is CC(C)c1nnc(NC(=O)/C(=C/c2cccs2)n2nnnc2-c2ccccc2)s1. The van der Waals surface area contributed by atoms with Gasteiger partial charge in [0.1, 0.15) is 10.7 Å². The Bertz CT molecular complexity index is 1130. The van der Waals surface area contributed by atoms with E-state index in [1.807, 2.05) is 61.7 Å². The summed E-state index contributed by atoms with van der Waals surface area (Å²) in [6.07, 6.45) is 1.76. The number of nitrogens with zero attached hydrogens (tertiary/aromatic N) is 6. The van der Waals surface area contributed by atoms with Crippen LogP contribution >= 0.6 is 22.7 Å². The molecule has 4 rings (SSSR count). The van der Waals surface area contributed by atoms with Crippen LogP contribution in [0.25, 0.3) is 23.2 Å². The zero-order valence-corrected chi connectivity index (χ0v) is 17.3. The minimum atomic E-state index is -0.366. The van der Waals surface area contributed by atoms with Gasteiger partial charge in [0.05, 0.1) is 0 Å². The molecule has 4 aromatic rings. The topological polar surface area (TPSA) is 98.5 Å². The number of thiophene rings is 1. The molecule has 0 bridgehead atoms. The smallest absolute Gasteiger partial charge is 0.276 e. The molecular formula is C19H17N7OS2. The van der Waals surface area contributed by atoms with Crippen molar-refractivity contribution in [2.45, 2.75) is 19.8 Å². The lowest BCUT2D eigenvalue weighted by molar-refractivity contribution is -0.111. The van der Waals surface area contributed by atoms with Gasteiger partial charge >= 0.3 is 0 Å². The fourth-order valence-electron chi connectivity index (χ4n) is 2.53. The fraction of sp³-hybridized carbons (Fsp3) is 0.158. The third-order valence-corrected chi connectivity index (χ3v) is 5.90. The van der Waals surface area contributed by atoms with E-state index in [0.717, 1.165) is 15.4 Å². The molecule has 0 spiro atoms. The minimum Gasteiger partial charge on any atom is -0.295 e. The van der Waals surface area contributed by atoms with Crippen molar-refractivity contribution < 1.29 is 4.79 Å². The molecule has 1 aromatic carbocycles. The quantitative estimate of drug-likeness (QED) is 0.471. The van der Waals surface area contributed by atoms with Crippen LogP contribution in [0.15, 0.2) is 47.8 Å². The first kappa shape index (κ1) is 19.1. The molecule has 0 radical (unpaired) electrons. The van der Waals surface area contributed by atoms with Crippen molar-refractivity contribution in [2.75, 3.05) is 5.32 Å². The van der Waals surface area contributed by atoms with Gasteiger partial charge in [0.15, 0.2) is 5.82 Å². The number of carbonyl (C=O) groups excluding carboxylic acids is 1. The zero-order chi connectivity index (χ0) is 20.2. The lowest BCUT2D eigenvalue weighted by atomic mass is 10.2. The number of tetrazole rings is 1. The first-order valence-electron chi connectivity index (χ1n) is 8.86.